The van der Waals surface area contributed by atoms with Crippen LogP contribution in [0.3, 0.4) is 0 Å². The second-order valence-corrected chi connectivity index (χ2v) is 8.79. The van der Waals surface area contributed by atoms with Crippen LogP contribution in [0.25, 0.3) is 10.1 Å². The Bertz CT molecular complexity index is 1160. The minimum atomic E-state index is -0.272. The Morgan fingerprint density at radius 1 is 1.06 bits per heavy atom. The topological polar surface area (TPSA) is 77.0 Å². The fourth-order valence-corrected chi connectivity index (χ4v) is 4.55. The number of ketones is 1. The van der Waals surface area contributed by atoms with Gasteiger partial charge in [0.1, 0.15) is 0 Å². The van der Waals surface area contributed by atoms with Crippen molar-refractivity contribution >= 4 is 38.8 Å². The van der Waals surface area contributed by atoms with Gasteiger partial charge >= 0.3 is 0 Å². The van der Waals surface area contributed by atoms with Gasteiger partial charge in [-0.15, -0.1) is 11.3 Å². The summed E-state index contributed by atoms with van der Waals surface area (Å²) in [5.41, 5.74) is 5.15. The van der Waals surface area contributed by atoms with E-state index in [2.05, 4.69) is 28.0 Å². The van der Waals surface area contributed by atoms with Crippen LogP contribution >= 0.6 is 11.3 Å². The molecular formula is C25H26N2O4S. The van der Waals surface area contributed by atoms with Crippen molar-refractivity contribution in [2.75, 3.05) is 14.2 Å². The van der Waals surface area contributed by atoms with E-state index in [1.54, 1.807) is 36.6 Å². The van der Waals surface area contributed by atoms with Gasteiger partial charge in [0.15, 0.2) is 17.3 Å². The van der Waals surface area contributed by atoms with E-state index in [4.69, 9.17) is 9.47 Å². The van der Waals surface area contributed by atoms with Gasteiger partial charge in [-0.3, -0.25) is 9.59 Å². The smallest absolute Gasteiger partial charge is 0.240 e. The molecule has 0 bridgehead atoms. The third-order valence-corrected chi connectivity index (χ3v) is 6.53. The predicted molar refractivity (Wildman–Crippen MR) is 127 cm³/mol. The zero-order valence-electron chi connectivity index (χ0n) is 18.2. The van der Waals surface area contributed by atoms with Crippen LogP contribution in [-0.2, 0) is 4.79 Å². The summed E-state index contributed by atoms with van der Waals surface area (Å²) in [7, 11) is 3.06. The van der Waals surface area contributed by atoms with E-state index in [1.165, 1.54) is 24.7 Å². The summed E-state index contributed by atoms with van der Waals surface area (Å²) < 4.78 is 11.7. The van der Waals surface area contributed by atoms with E-state index in [9.17, 15) is 9.59 Å². The lowest BCUT2D eigenvalue weighted by molar-refractivity contribution is -0.121. The predicted octanol–water partition coefficient (Wildman–Crippen LogP) is 5.20. The van der Waals surface area contributed by atoms with Crippen molar-refractivity contribution in [3.05, 3.63) is 59.0 Å². The molecule has 2 aromatic carbocycles. The van der Waals surface area contributed by atoms with Crippen molar-refractivity contribution in [1.82, 2.24) is 5.43 Å². The average Bonchev–Trinajstić information content (AvgIpc) is 3.55. The Morgan fingerprint density at radius 3 is 2.59 bits per heavy atom. The molecule has 1 fully saturated rings. The monoisotopic (exact) mass is 450 g/mol. The molecule has 1 aliphatic rings. The number of hydrazone groups is 1. The molecule has 1 saturated carbocycles. The molecule has 3 aromatic rings. The summed E-state index contributed by atoms with van der Waals surface area (Å²) in [5, 5.41) is 7.74. The van der Waals surface area contributed by atoms with E-state index < -0.39 is 0 Å². The summed E-state index contributed by atoms with van der Waals surface area (Å²) in [6, 6.07) is 13.2. The minimum Gasteiger partial charge on any atom is -0.493 e. The van der Waals surface area contributed by atoms with Gasteiger partial charge in [0, 0.05) is 39.4 Å². The van der Waals surface area contributed by atoms with Crippen molar-refractivity contribution in [3.63, 3.8) is 0 Å². The van der Waals surface area contributed by atoms with E-state index in [-0.39, 0.29) is 24.5 Å². The molecule has 1 N–H and O–H groups in total. The third-order valence-electron chi connectivity index (χ3n) is 5.57. The number of benzene rings is 2. The first-order valence-electron chi connectivity index (χ1n) is 10.7. The molecule has 0 saturated heterocycles. The van der Waals surface area contributed by atoms with E-state index in [1.807, 2.05) is 12.1 Å². The minimum absolute atomic E-state index is 0.0672. The summed E-state index contributed by atoms with van der Waals surface area (Å²) in [6.45, 7) is 0. The summed E-state index contributed by atoms with van der Waals surface area (Å²) in [4.78, 5) is 25.0. The number of amides is 1. The molecule has 6 nitrogen and oxygen atoms in total. The molecule has 0 aliphatic heterocycles. The second kappa shape index (κ2) is 9.96. The van der Waals surface area contributed by atoms with Crippen molar-refractivity contribution in [2.24, 2.45) is 11.0 Å². The summed E-state index contributed by atoms with van der Waals surface area (Å²) in [6.07, 6.45) is 3.42. The largest absolute Gasteiger partial charge is 0.493 e. The molecule has 166 valence electrons. The zero-order chi connectivity index (χ0) is 22.5. The SMILES string of the molecule is COc1ccc(C(=O)CCC(=O)N/N=C(/CC2CC2)c2csc3ccccc23)cc1OC. The fourth-order valence-electron chi connectivity index (χ4n) is 3.58. The van der Waals surface area contributed by atoms with Crippen LogP contribution in [0.2, 0.25) is 0 Å². The van der Waals surface area contributed by atoms with Crippen LogP contribution < -0.4 is 14.9 Å². The lowest BCUT2D eigenvalue weighted by Crippen LogP contribution is -2.21. The van der Waals surface area contributed by atoms with Crippen LogP contribution in [0, 0.1) is 5.92 Å². The van der Waals surface area contributed by atoms with Crippen molar-refractivity contribution in [2.45, 2.75) is 32.1 Å². The quantitative estimate of drug-likeness (QED) is 0.262. The molecular weight excluding hydrogens is 424 g/mol. The molecule has 32 heavy (non-hydrogen) atoms. The zero-order valence-corrected chi connectivity index (χ0v) is 19.0. The van der Waals surface area contributed by atoms with Crippen molar-refractivity contribution in [1.29, 1.82) is 0 Å². The van der Waals surface area contributed by atoms with Crippen LogP contribution in [0.4, 0.5) is 0 Å². The van der Waals surface area contributed by atoms with Crippen LogP contribution in [0.15, 0.2) is 52.9 Å². The number of carbonyl (C=O) groups excluding carboxylic acids is 2. The number of methoxy groups -OCH3 is 2. The highest BCUT2D eigenvalue weighted by Crippen LogP contribution is 2.36. The molecule has 0 radical (unpaired) electrons. The highest BCUT2D eigenvalue weighted by atomic mass is 32.1. The molecule has 1 amide bonds. The summed E-state index contributed by atoms with van der Waals surface area (Å²) >= 11 is 1.68. The number of fused-ring (bicyclic) bond motifs is 1. The maximum absolute atomic E-state index is 12.5. The van der Waals surface area contributed by atoms with E-state index >= 15 is 0 Å². The molecule has 1 aliphatic carbocycles. The van der Waals surface area contributed by atoms with Crippen molar-refractivity contribution in [3.8, 4) is 11.5 Å². The number of carbonyl (C=O) groups is 2. The highest BCUT2D eigenvalue weighted by molar-refractivity contribution is 7.17. The molecule has 0 spiro atoms. The highest BCUT2D eigenvalue weighted by Gasteiger charge is 2.25. The average molecular weight is 451 g/mol. The van der Waals surface area contributed by atoms with Crippen LogP contribution in [-0.4, -0.2) is 31.6 Å². The molecule has 1 aromatic heterocycles. The van der Waals surface area contributed by atoms with Gasteiger partial charge in [0.05, 0.1) is 19.9 Å². The maximum atomic E-state index is 12.5. The Balaban J connectivity index is 1.40. The second-order valence-electron chi connectivity index (χ2n) is 7.88. The van der Waals surface area contributed by atoms with Gasteiger partial charge in [-0.1, -0.05) is 18.2 Å². The number of nitrogens with one attached hydrogen (secondary N) is 1. The lowest BCUT2D eigenvalue weighted by Gasteiger charge is -2.09. The van der Waals surface area contributed by atoms with E-state index in [0.717, 1.165) is 23.1 Å². The van der Waals surface area contributed by atoms with Crippen LogP contribution in [0.5, 0.6) is 11.5 Å². The fraction of sp³-hybridized carbons (Fsp3) is 0.320. The van der Waals surface area contributed by atoms with E-state index in [0.29, 0.717) is 23.0 Å². The molecule has 4 rings (SSSR count). The Kier molecular flexibility index (Phi) is 6.85. The van der Waals surface area contributed by atoms with Gasteiger partial charge in [-0.2, -0.15) is 5.10 Å². The Hall–Kier alpha value is -3.19. The first kappa shape index (κ1) is 22.0. The van der Waals surface area contributed by atoms with Gasteiger partial charge in [-0.05, 0) is 49.4 Å². The van der Waals surface area contributed by atoms with Crippen LogP contribution in [0.1, 0.15) is 48.0 Å². The third kappa shape index (κ3) is 5.16. The normalized spacial score (nSPS) is 13.8. The number of rotatable bonds is 10. The number of thiophene rings is 1. The number of nitrogens with zero attached hydrogens (tertiary/aromatic N) is 1. The number of Topliss-reactive ketones (excluding diaryl/α,β-unsaturated/α-hetero) is 1. The molecule has 0 atom stereocenters. The van der Waals surface area contributed by atoms with Gasteiger partial charge in [0.25, 0.3) is 0 Å². The maximum Gasteiger partial charge on any atom is 0.240 e. The number of hydrogen-bond acceptors (Lipinski definition) is 6. The van der Waals surface area contributed by atoms with Crippen molar-refractivity contribution < 1.29 is 19.1 Å². The first-order chi connectivity index (χ1) is 15.6. The molecule has 0 unspecified atom stereocenters. The summed E-state index contributed by atoms with van der Waals surface area (Å²) in [5.74, 6) is 1.27. The number of hydrogen-bond donors (Lipinski definition) is 1. The standard InChI is InChI=1S/C25H26N2O4S/c1-30-22-11-9-17(14-23(22)31-2)21(28)10-12-25(29)27-26-20(13-16-7-8-16)19-15-32-24-6-4-3-5-18(19)24/h3-6,9,11,14-16H,7-8,10,12-13H2,1-2H3,(H,27,29)/b26-20-. The van der Waals surface area contributed by atoms with Gasteiger partial charge < -0.3 is 9.47 Å². The molecule has 7 heteroatoms. The first-order valence-corrected chi connectivity index (χ1v) is 11.5. The Labute approximate surface area is 191 Å². The molecule has 1 heterocycles. The number of ether oxygens (including phenoxy) is 2. The lowest BCUT2D eigenvalue weighted by atomic mass is 10.0. The van der Waals surface area contributed by atoms with Gasteiger partial charge in [0.2, 0.25) is 5.91 Å². The van der Waals surface area contributed by atoms with Gasteiger partial charge in [-0.25, -0.2) is 5.43 Å². The Morgan fingerprint density at radius 2 is 1.84 bits per heavy atom.